The summed E-state index contributed by atoms with van der Waals surface area (Å²) >= 11 is 0. The van der Waals surface area contributed by atoms with E-state index in [0.717, 1.165) is 4.68 Å². The largest absolute Gasteiger partial charge is 0.389 e. The van der Waals surface area contributed by atoms with Gasteiger partial charge in [-0.15, -0.1) is 0 Å². The quantitative estimate of drug-likeness (QED) is 0.288. The van der Waals surface area contributed by atoms with Gasteiger partial charge in [-0.3, -0.25) is 10.2 Å². The van der Waals surface area contributed by atoms with Crippen molar-refractivity contribution >= 4 is 11.7 Å². The number of hydrogen-bond donors (Lipinski definition) is 2. The Labute approximate surface area is 90.3 Å². The van der Waals surface area contributed by atoms with Gasteiger partial charge in [0, 0.05) is 7.11 Å². The molecule has 9 nitrogen and oxygen atoms in total. The van der Waals surface area contributed by atoms with Crippen LogP contribution >= 0.6 is 0 Å². The number of amides is 1. The first-order valence-corrected chi connectivity index (χ1v) is 4.29. The van der Waals surface area contributed by atoms with Crippen LogP contribution in [-0.4, -0.2) is 34.3 Å². The summed E-state index contributed by atoms with van der Waals surface area (Å²) in [4.78, 5) is 21.1. The van der Waals surface area contributed by atoms with Gasteiger partial charge in [0.1, 0.15) is 0 Å². The second-order valence-corrected chi connectivity index (χ2v) is 2.89. The van der Waals surface area contributed by atoms with Crippen molar-refractivity contribution in [1.29, 1.82) is 0 Å². The number of carbonyl (C=O) groups is 1. The van der Waals surface area contributed by atoms with Gasteiger partial charge in [0.05, 0.1) is 24.0 Å². The molecule has 0 saturated heterocycles. The zero-order valence-electron chi connectivity index (χ0n) is 8.49. The minimum absolute atomic E-state index is 0.0157. The molecule has 0 aliphatic rings. The van der Waals surface area contributed by atoms with Gasteiger partial charge in [0.15, 0.2) is 6.04 Å². The number of hydrazine groups is 1. The summed E-state index contributed by atoms with van der Waals surface area (Å²) in [5, 5.41) is 14.0. The van der Waals surface area contributed by atoms with Crippen molar-refractivity contribution in [1.82, 2.24) is 15.2 Å². The van der Waals surface area contributed by atoms with Crippen molar-refractivity contribution < 1.29 is 14.5 Å². The Morgan fingerprint density at radius 3 is 3.00 bits per heavy atom. The van der Waals surface area contributed by atoms with Crippen molar-refractivity contribution in [3.05, 3.63) is 22.4 Å². The number of nitrogens with two attached hydrogens (primary N) is 1. The fourth-order valence-corrected chi connectivity index (χ4v) is 1.13. The Balaban J connectivity index is 2.92. The maximum absolute atomic E-state index is 11.3. The van der Waals surface area contributed by atoms with Gasteiger partial charge in [-0.05, 0) is 4.92 Å². The lowest BCUT2D eigenvalue weighted by atomic mass is 10.3. The van der Waals surface area contributed by atoms with Gasteiger partial charge in [-0.2, -0.15) is 4.68 Å². The molecule has 0 fully saturated rings. The zero-order chi connectivity index (χ0) is 12.1. The Morgan fingerprint density at radius 1 is 1.88 bits per heavy atom. The summed E-state index contributed by atoms with van der Waals surface area (Å²) in [7, 11) is 1.40. The molecule has 0 bridgehead atoms. The van der Waals surface area contributed by atoms with E-state index in [4.69, 9.17) is 10.6 Å². The molecule has 1 atom stereocenters. The molecule has 9 heteroatoms. The van der Waals surface area contributed by atoms with Crippen LogP contribution in [0.3, 0.4) is 0 Å². The second kappa shape index (κ2) is 5.19. The van der Waals surface area contributed by atoms with E-state index in [1.54, 1.807) is 0 Å². The van der Waals surface area contributed by atoms with Crippen LogP contribution in [-0.2, 0) is 9.53 Å². The first-order chi connectivity index (χ1) is 7.60. The van der Waals surface area contributed by atoms with Crippen LogP contribution in [0.5, 0.6) is 0 Å². The Bertz CT molecular complexity index is 390. The molecular weight excluding hydrogens is 218 g/mol. The van der Waals surface area contributed by atoms with Crippen molar-refractivity contribution in [3.63, 3.8) is 0 Å². The van der Waals surface area contributed by atoms with Crippen LogP contribution < -0.4 is 11.3 Å². The van der Waals surface area contributed by atoms with E-state index < -0.39 is 16.9 Å². The third-order valence-electron chi connectivity index (χ3n) is 1.87. The van der Waals surface area contributed by atoms with E-state index in [9.17, 15) is 14.9 Å². The highest BCUT2D eigenvalue weighted by molar-refractivity contribution is 5.79. The van der Waals surface area contributed by atoms with Crippen LogP contribution in [0.2, 0.25) is 0 Å². The molecule has 1 unspecified atom stereocenters. The molecule has 0 aliphatic carbocycles. The maximum atomic E-state index is 11.3. The number of nitro groups is 1. The molecule has 3 N–H and O–H groups in total. The standard InChI is InChI=1S/C7H11N5O4/c1-16-4-5(7(13)9-8)11-3-2-6(10-11)12(14)15/h2-3,5H,4,8H2,1H3,(H,9,13). The summed E-state index contributed by atoms with van der Waals surface area (Å²) < 4.78 is 5.93. The van der Waals surface area contributed by atoms with Gasteiger partial charge in [0.25, 0.3) is 5.91 Å². The smallest absolute Gasteiger partial charge is 0.382 e. The molecule has 88 valence electrons. The third kappa shape index (κ3) is 2.52. The molecule has 16 heavy (non-hydrogen) atoms. The predicted molar refractivity (Wildman–Crippen MR) is 52.1 cm³/mol. The molecular formula is C7H11N5O4. The highest BCUT2D eigenvalue weighted by Crippen LogP contribution is 2.11. The highest BCUT2D eigenvalue weighted by Gasteiger charge is 2.25. The average Bonchev–Trinajstić information content (AvgIpc) is 2.74. The average molecular weight is 229 g/mol. The molecule has 1 aromatic rings. The number of methoxy groups -OCH3 is 1. The van der Waals surface area contributed by atoms with Crippen LogP contribution in [0.4, 0.5) is 5.82 Å². The van der Waals surface area contributed by atoms with Gasteiger partial charge < -0.3 is 14.9 Å². The molecule has 0 radical (unpaired) electrons. The van der Waals surface area contributed by atoms with Gasteiger partial charge in [-0.25, -0.2) is 5.84 Å². The van der Waals surface area contributed by atoms with Crippen LogP contribution in [0.15, 0.2) is 12.3 Å². The predicted octanol–water partition coefficient (Wildman–Crippen LogP) is -1.03. The first kappa shape index (κ1) is 12.1. The molecule has 1 aromatic heterocycles. The Kier molecular flexibility index (Phi) is 3.91. The van der Waals surface area contributed by atoms with Crippen molar-refractivity contribution in [2.24, 2.45) is 5.84 Å². The number of rotatable bonds is 5. The summed E-state index contributed by atoms with van der Waals surface area (Å²) in [6, 6.07) is 0.357. The summed E-state index contributed by atoms with van der Waals surface area (Å²) in [6.45, 7) is 0.0157. The lowest BCUT2D eigenvalue weighted by Gasteiger charge is -2.11. The molecule has 0 saturated carbocycles. The lowest BCUT2D eigenvalue weighted by Crippen LogP contribution is -2.39. The van der Waals surface area contributed by atoms with Crippen molar-refractivity contribution in [2.75, 3.05) is 13.7 Å². The van der Waals surface area contributed by atoms with Gasteiger partial charge in [-0.1, -0.05) is 0 Å². The van der Waals surface area contributed by atoms with Gasteiger partial charge in [0.2, 0.25) is 0 Å². The van der Waals surface area contributed by atoms with E-state index in [-0.39, 0.29) is 12.4 Å². The number of hydrogen-bond acceptors (Lipinski definition) is 6. The van der Waals surface area contributed by atoms with E-state index in [2.05, 4.69) is 5.10 Å². The van der Waals surface area contributed by atoms with Crippen LogP contribution in [0, 0.1) is 10.1 Å². The topological polar surface area (TPSA) is 125 Å². The molecule has 1 heterocycles. The third-order valence-corrected chi connectivity index (χ3v) is 1.87. The van der Waals surface area contributed by atoms with E-state index in [1.807, 2.05) is 5.43 Å². The number of carbonyl (C=O) groups excluding carboxylic acids is 1. The normalized spacial score (nSPS) is 12.1. The van der Waals surface area contributed by atoms with E-state index in [0.29, 0.717) is 0 Å². The summed E-state index contributed by atoms with van der Waals surface area (Å²) in [5.41, 5.74) is 1.94. The number of nitrogens with one attached hydrogen (secondary N) is 1. The monoisotopic (exact) mass is 229 g/mol. The van der Waals surface area contributed by atoms with Crippen LogP contribution in [0.1, 0.15) is 6.04 Å². The van der Waals surface area contributed by atoms with Gasteiger partial charge >= 0.3 is 5.82 Å². The number of nitrogens with zero attached hydrogens (tertiary/aromatic N) is 3. The number of ether oxygens (including phenoxy) is 1. The maximum Gasteiger partial charge on any atom is 0.389 e. The minimum atomic E-state index is -0.830. The first-order valence-electron chi connectivity index (χ1n) is 4.29. The van der Waals surface area contributed by atoms with E-state index >= 15 is 0 Å². The molecule has 1 rings (SSSR count). The zero-order valence-corrected chi connectivity index (χ0v) is 8.49. The summed E-state index contributed by atoms with van der Waals surface area (Å²) in [6.07, 6.45) is 1.32. The fraction of sp³-hybridized carbons (Fsp3) is 0.429. The number of aromatic nitrogens is 2. The SMILES string of the molecule is COCC(C(=O)NN)n1ccc([N+](=O)[O-])n1. The fourth-order valence-electron chi connectivity index (χ4n) is 1.13. The van der Waals surface area contributed by atoms with Crippen LogP contribution in [0.25, 0.3) is 0 Å². The van der Waals surface area contributed by atoms with Crippen molar-refractivity contribution in [3.8, 4) is 0 Å². The lowest BCUT2D eigenvalue weighted by molar-refractivity contribution is -0.389. The van der Waals surface area contributed by atoms with Crippen molar-refractivity contribution in [2.45, 2.75) is 6.04 Å². The minimum Gasteiger partial charge on any atom is -0.382 e. The second-order valence-electron chi connectivity index (χ2n) is 2.89. The highest BCUT2D eigenvalue weighted by atomic mass is 16.6. The van der Waals surface area contributed by atoms with E-state index in [1.165, 1.54) is 19.4 Å². The molecule has 1 amide bonds. The Hall–Kier alpha value is -2.00. The molecule has 0 aliphatic heterocycles. The molecule has 0 spiro atoms. The summed E-state index contributed by atoms with van der Waals surface area (Å²) in [5.74, 6) is 4.09. The molecule has 0 aromatic carbocycles. The Morgan fingerprint density at radius 2 is 2.56 bits per heavy atom.